The molecule has 0 radical (unpaired) electrons. The molecular formula is C15H32N2. The largest absolute Gasteiger partial charge is 0.315 e. The van der Waals surface area contributed by atoms with Crippen molar-refractivity contribution in [2.45, 2.75) is 77.8 Å². The van der Waals surface area contributed by atoms with E-state index in [1.54, 1.807) is 0 Å². The number of nitrogens with one attached hydrogen (secondary N) is 1. The number of hydrogen-bond acceptors (Lipinski definition) is 2. The van der Waals surface area contributed by atoms with E-state index in [4.69, 9.17) is 0 Å². The van der Waals surface area contributed by atoms with Gasteiger partial charge in [0.2, 0.25) is 0 Å². The summed E-state index contributed by atoms with van der Waals surface area (Å²) in [5, 5.41) is 3.49. The van der Waals surface area contributed by atoms with Crippen molar-refractivity contribution in [3.8, 4) is 0 Å². The van der Waals surface area contributed by atoms with E-state index in [1.165, 1.54) is 58.0 Å². The van der Waals surface area contributed by atoms with Gasteiger partial charge in [-0.2, -0.15) is 0 Å². The van der Waals surface area contributed by atoms with Crippen LogP contribution in [0.3, 0.4) is 0 Å². The maximum atomic E-state index is 3.49. The molecule has 1 N–H and O–H groups in total. The van der Waals surface area contributed by atoms with Crippen LogP contribution in [0.2, 0.25) is 0 Å². The normalized spacial score (nSPS) is 19.1. The van der Waals surface area contributed by atoms with Crippen LogP contribution in [-0.2, 0) is 0 Å². The minimum absolute atomic E-state index is 0.696. The van der Waals surface area contributed by atoms with Crippen LogP contribution in [0.4, 0.5) is 0 Å². The molecule has 17 heavy (non-hydrogen) atoms. The van der Waals surface area contributed by atoms with Crippen molar-refractivity contribution >= 4 is 0 Å². The van der Waals surface area contributed by atoms with Crippen molar-refractivity contribution in [2.24, 2.45) is 0 Å². The van der Waals surface area contributed by atoms with Crippen molar-refractivity contribution < 1.29 is 0 Å². The molecule has 1 rings (SSSR count). The fourth-order valence-corrected chi connectivity index (χ4v) is 3.08. The van der Waals surface area contributed by atoms with Crippen LogP contribution in [0.1, 0.15) is 65.7 Å². The minimum atomic E-state index is 0.696. The average molecular weight is 240 g/mol. The van der Waals surface area contributed by atoms with E-state index in [0.717, 1.165) is 12.6 Å². The molecule has 102 valence electrons. The first-order valence-electron chi connectivity index (χ1n) is 7.75. The highest BCUT2D eigenvalue weighted by Gasteiger charge is 2.20. The Bertz CT molecular complexity index is 176. The molecule has 0 aromatic rings. The predicted octanol–water partition coefficient (Wildman–Crippen LogP) is 3.42. The van der Waals surface area contributed by atoms with Gasteiger partial charge in [-0.3, -0.25) is 0 Å². The minimum Gasteiger partial charge on any atom is -0.315 e. The Morgan fingerprint density at radius 1 is 1.18 bits per heavy atom. The quantitative estimate of drug-likeness (QED) is 0.621. The van der Waals surface area contributed by atoms with Crippen LogP contribution in [0.5, 0.6) is 0 Å². The van der Waals surface area contributed by atoms with Crippen molar-refractivity contribution in [1.29, 1.82) is 0 Å². The molecule has 2 heteroatoms. The highest BCUT2D eigenvalue weighted by Crippen LogP contribution is 2.23. The maximum absolute atomic E-state index is 3.49. The lowest BCUT2D eigenvalue weighted by molar-refractivity contribution is 0.204. The first kappa shape index (κ1) is 15.0. The zero-order valence-electron chi connectivity index (χ0n) is 12.2. The average Bonchev–Trinajstić information content (AvgIpc) is 2.83. The fourth-order valence-electron chi connectivity index (χ4n) is 3.08. The Morgan fingerprint density at radius 2 is 1.88 bits per heavy atom. The highest BCUT2D eigenvalue weighted by molar-refractivity contribution is 4.76. The molecule has 1 atom stereocenters. The van der Waals surface area contributed by atoms with E-state index in [2.05, 4.69) is 31.0 Å². The molecule has 1 unspecified atom stereocenters. The second kappa shape index (κ2) is 8.93. The molecule has 0 amide bonds. The molecule has 0 aliphatic heterocycles. The van der Waals surface area contributed by atoms with Gasteiger partial charge in [0, 0.05) is 12.1 Å². The van der Waals surface area contributed by atoms with E-state index < -0.39 is 0 Å². The van der Waals surface area contributed by atoms with E-state index >= 15 is 0 Å². The molecule has 1 fully saturated rings. The van der Waals surface area contributed by atoms with Gasteiger partial charge in [-0.05, 0) is 52.2 Å². The Labute approximate surface area is 108 Å². The summed E-state index contributed by atoms with van der Waals surface area (Å²) in [6.07, 6.45) is 9.88. The van der Waals surface area contributed by atoms with Crippen LogP contribution in [0.25, 0.3) is 0 Å². The fraction of sp³-hybridized carbons (Fsp3) is 1.00. The van der Waals surface area contributed by atoms with Crippen LogP contribution in [0.15, 0.2) is 0 Å². The molecule has 1 aliphatic carbocycles. The number of hydrogen-bond donors (Lipinski definition) is 1. The lowest BCUT2D eigenvalue weighted by Gasteiger charge is -2.27. The van der Waals surface area contributed by atoms with E-state index in [1.807, 2.05) is 0 Å². The highest BCUT2D eigenvalue weighted by atomic mass is 15.1. The molecule has 2 nitrogen and oxygen atoms in total. The van der Waals surface area contributed by atoms with Gasteiger partial charge in [0.05, 0.1) is 0 Å². The summed E-state index contributed by atoms with van der Waals surface area (Å²) in [4.78, 5) is 2.71. The Hall–Kier alpha value is -0.0800. The van der Waals surface area contributed by atoms with Crippen molar-refractivity contribution in [3.05, 3.63) is 0 Å². The zero-order valence-corrected chi connectivity index (χ0v) is 12.2. The van der Waals surface area contributed by atoms with Crippen molar-refractivity contribution in [1.82, 2.24) is 10.2 Å². The molecule has 0 bridgehead atoms. The second-order valence-electron chi connectivity index (χ2n) is 5.52. The molecule has 1 saturated carbocycles. The summed E-state index contributed by atoms with van der Waals surface area (Å²) in [5.74, 6) is 0. The third kappa shape index (κ3) is 5.87. The SMILES string of the molecule is CCNC(C)CCCCN(CC)C1CCCC1. The lowest BCUT2D eigenvalue weighted by Crippen LogP contribution is -2.34. The smallest absolute Gasteiger partial charge is 0.00951 e. The first-order chi connectivity index (χ1) is 8.27. The van der Waals surface area contributed by atoms with Gasteiger partial charge < -0.3 is 10.2 Å². The summed E-state index contributed by atoms with van der Waals surface area (Å²) in [6.45, 7) is 10.5. The van der Waals surface area contributed by atoms with Gasteiger partial charge in [0.25, 0.3) is 0 Å². The molecular weight excluding hydrogens is 208 g/mol. The van der Waals surface area contributed by atoms with Gasteiger partial charge in [-0.25, -0.2) is 0 Å². The van der Waals surface area contributed by atoms with Gasteiger partial charge in [0.1, 0.15) is 0 Å². The van der Waals surface area contributed by atoms with E-state index in [-0.39, 0.29) is 0 Å². The topological polar surface area (TPSA) is 15.3 Å². The zero-order chi connectivity index (χ0) is 12.5. The third-order valence-corrected chi connectivity index (χ3v) is 4.13. The predicted molar refractivity (Wildman–Crippen MR) is 76.5 cm³/mol. The van der Waals surface area contributed by atoms with Crippen LogP contribution >= 0.6 is 0 Å². The van der Waals surface area contributed by atoms with Crippen LogP contribution in [0, 0.1) is 0 Å². The molecule has 0 heterocycles. The molecule has 0 saturated heterocycles. The Morgan fingerprint density at radius 3 is 2.47 bits per heavy atom. The summed E-state index contributed by atoms with van der Waals surface area (Å²) in [6, 6.07) is 1.60. The van der Waals surface area contributed by atoms with Crippen molar-refractivity contribution in [3.63, 3.8) is 0 Å². The first-order valence-corrected chi connectivity index (χ1v) is 7.75. The number of unbranched alkanes of at least 4 members (excludes halogenated alkanes) is 1. The van der Waals surface area contributed by atoms with Gasteiger partial charge in [-0.15, -0.1) is 0 Å². The molecule has 1 aliphatic rings. The summed E-state index contributed by atoms with van der Waals surface area (Å²) in [7, 11) is 0. The summed E-state index contributed by atoms with van der Waals surface area (Å²) >= 11 is 0. The monoisotopic (exact) mass is 240 g/mol. The van der Waals surface area contributed by atoms with Gasteiger partial charge >= 0.3 is 0 Å². The van der Waals surface area contributed by atoms with Crippen molar-refractivity contribution in [2.75, 3.05) is 19.6 Å². The van der Waals surface area contributed by atoms with Crippen LogP contribution in [-0.4, -0.2) is 36.6 Å². The molecule has 0 spiro atoms. The number of nitrogens with zero attached hydrogens (tertiary/aromatic N) is 1. The van der Waals surface area contributed by atoms with Crippen LogP contribution < -0.4 is 5.32 Å². The van der Waals surface area contributed by atoms with E-state index in [9.17, 15) is 0 Å². The third-order valence-electron chi connectivity index (χ3n) is 4.13. The maximum Gasteiger partial charge on any atom is 0.00951 e. The van der Waals surface area contributed by atoms with Gasteiger partial charge in [-0.1, -0.05) is 33.1 Å². The Kier molecular flexibility index (Phi) is 7.87. The number of rotatable bonds is 9. The van der Waals surface area contributed by atoms with Gasteiger partial charge in [0.15, 0.2) is 0 Å². The molecule has 0 aromatic carbocycles. The summed E-state index contributed by atoms with van der Waals surface area (Å²) < 4.78 is 0. The summed E-state index contributed by atoms with van der Waals surface area (Å²) in [5.41, 5.74) is 0. The van der Waals surface area contributed by atoms with E-state index in [0.29, 0.717) is 6.04 Å². The molecule has 0 aromatic heterocycles. The standard InChI is InChI=1S/C15H32N2/c1-4-16-14(3)10-8-9-13-17(5-2)15-11-6-7-12-15/h14-16H,4-13H2,1-3H3. The lowest BCUT2D eigenvalue weighted by atomic mass is 10.1. The Balaban J connectivity index is 2.07. The second-order valence-corrected chi connectivity index (χ2v) is 5.52.